The van der Waals surface area contributed by atoms with Crippen molar-refractivity contribution < 1.29 is 9.59 Å². The fourth-order valence-corrected chi connectivity index (χ4v) is 2.81. The highest BCUT2D eigenvalue weighted by atomic mass is 16.1. The van der Waals surface area contributed by atoms with Gasteiger partial charge in [0.1, 0.15) is 5.69 Å². The van der Waals surface area contributed by atoms with Gasteiger partial charge >= 0.3 is 0 Å². The molecular weight excluding hydrogens is 314 g/mol. The maximum atomic E-state index is 12.1. The maximum Gasteiger partial charge on any atom is 0.265 e. The van der Waals surface area contributed by atoms with Crippen LogP contribution < -0.4 is 11.1 Å². The fraction of sp³-hybridized carbons (Fsp3) is 0.100. The maximum absolute atomic E-state index is 12.1. The molecule has 0 fully saturated rings. The van der Waals surface area contributed by atoms with Crippen LogP contribution in [-0.4, -0.2) is 16.4 Å². The number of fused-ring (bicyclic) bond motifs is 1. The lowest BCUT2D eigenvalue weighted by molar-refractivity contribution is -0.111. The number of aromatic nitrogens is 1. The highest BCUT2D eigenvalue weighted by molar-refractivity contribution is 6.04. The highest BCUT2D eigenvalue weighted by Gasteiger charge is 2.12. The summed E-state index contributed by atoms with van der Waals surface area (Å²) >= 11 is 0. The first-order valence-corrected chi connectivity index (χ1v) is 8.05. The number of primary amides is 1. The molecular formula is C20H19N3O2. The Morgan fingerprint density at radius 1 is 1.12 bits per heavy atom. The van der Waals surface area contributed by atoms with Crippen molar-refractivity contribution in [3.8, 4) is 0 Å². The van der Waals surface area contributed by atoms with Gasteiger partial charge < -0.3 is 15.6 Å². The molecule has 126 valence electrons. The normalized spacial score (nSPS) is 11.1. The van der Waals surface area contributed by atoms with E-state index in [0.29, 0.717) is 17.9 Å². The molecule has 1 aromatic heterocycles. The van der Waals surface area contributed by atoms with Crippen molar-refractivity contribution in [1.82, 2.24) is 4.57 Å². The third-order valence-electron chi connectivity index (χ3n) is 3.96. The molecule has 0 saturated heterocycles. The van der Waals surface area contributed by atoms with Crippen molar-refractivity contribution in [3.63, 3.8) is 0 Å². The first-order valence-electron chi connectivity index (χ1n) is 8.05. The predicted molar refractivity (Wildman–Crippen MR) is 100 cm³/mol. The second-order valence-corrected chi connectivity index (χ2v) is 5.64. The van der Waals surface area contributed by atoms with E-state index in [1.807, 2.05) is 60.0 Å². The molecule has 1 heterocycles. The molecule has 2 aromatic carbocycles. The molecule has 0 spiro atoms. The Kier molecular flexibility index (Phi) is 4.66. The van der Waals surface area contributed by atoms with Gasteiger partial charge in [0.2, 0.25) is 5.91 Å². The van der Waals surface area contributed by atoms with Crippen LogP contribution in [0.4, 0.5) is 5.69 Å². The quantitative estimate of drug-likeness (QED) is 0.702. The van der Waals surface area contributed by atoms with Gasteiger partial charge in [-0.25, -0.2) is 0 Å². The Hall–Kier alpha value is -3.34. The van der Waals surface area contributed by atoms with Gasteiger partial charge in [-0.1, -0.05) is 30.3 Å². The van der Waals surface area contributed by atoms with Crippen molar-refractivity contribution in [2.75, 3.05) is 5.32 Å². The molecule has 0 unspecified atom stereocenters. The van der Waals surface area contributed by atoms with E-state index < -0.39 is 5.91 Å². The number of carbonyl (C=O) groups excluding carboxylic acids is 2. The summed E-state index contributed by atoms with van der Waals surface area (Å²) in [5, 5.41) is 3.69. The standard InChI is InChI=1S/C20H19N3O2/c1-2-23-17-10-9-16(12-15(17)13-18(23)20(21)25)22-19(24)11-8-14-6-4-3-5-7-14/h3-13H,2H2,1H3,(H2,21,25)(H,22,24). The van der Waals surface area contributed by atoms with E-state index in [-0.39, 0.29) is 5.91 Å². The van der Waals surface area contributed by atoms with E-state index in [9.17, 15) is 9.59 Å². The zero-order valence-electron chi connectivity index (χ0n) is 13.9. The van der Waals surface area contributed by atoms with Gasteiger partial charge in [0.15, 0.2) is 0 Å². The van der Waals surface area contributed by atoms with E-state index in [4.69, 9.17) is 5.73 Å². The zero-order chi connectivity index (χ0) is 17.8. The van der Waals surface area contributed by atoms with Crippen LogP contribution in [0.25, 0.3) is 17.0 Å². The molecule has 0 bridgehead atoms. The third-order valence-corrected chi connectivity index (χ3v) is 3.96. The van der Waals surface area contributed by atoms with Crippen LogP contribution in [0.1, 0.15) is 23.0 Å². The van der Waals surface area contributed by atoms with E-state index in [2.05, 4.69) is 5.32 Å². The topological polar surface area (TPSA) is 77.1 Å². The number of benzene rings is 2. The molecule has 5 heteroatoms. The van der Waals surface area contributed by atoms with Crippen molar-refractivity contribution >= 4 is 34.5 Å². The monoisotopic (exact) mass is 333 g/mol. The molecule has 3 aromatic rings. The van der Waals surface area contributed by atoms with Gasteiger partial charge in [-0.2, -0.15) is 0 Å². The van der Waals surface area contributed by atoms with Gasteiger partial charge in [0.05, 0.1) is 0 Å². The summed E-state index contributed by atoms with van der Waals surface area (Å²) in [4.78, 5) is 23.6. The minimum Gasteiger partial charge on any atom is -0.364 e. The number of rotatable bonds is 5. The van der Waals surface area contributed by atoms with Crippen LogP contribution in [0, 0.1) is 0 Å². The molecule has 0 atom stereocenters. The number of nitrogens with two attached hydrogens (primary N) is 1. The molecule has 3 N–H and O–H groups in total. The minimum absolute atomic E-state index is 0.215. The number of amides is 2. The van der Waals surface area contributed by atoms with Crippen LogP contribution in [-0.2, 0) is 11.3 Å². The van der Waals surface area contributed by atoms with Gasteiger partial charge in [-0.05, 0) is 42.8 Å². The zero-order valence-corrected chi connectivity index (χ0v) is 13.9. The van der Waals surface area contributed by atoms with E-state index in [0.717, 1.165) is 16.5 Å². The van der Waals surface area contributed by atoms with Crippen molar-refractivity contribution in [2.45, 2.75) is 13.5 Å². The summed E-state index contributed by atoms with van der Waals surface area (Å²) in [5.41, 5.74) is 8.43. The Balaban J connectivity index is 1.81. The summed E-state index contributed by atoms with van der Waals surface area (Å²) in [6.45, 7) is 2.60. The molecule has 5 nitrogen and oxygen atoms in total. The van der Waals surface area contributed by atoms with Gasteiger partial charge in [0, 0.05) is 29.2 Å². The van der Waals surface area contributed by atoms with Crippen LogP contribution in [0.15, 0.2) is 60.7 Å². The Morgan fingerprint density at radius 2 is 1.88 bits per heavy atom. The lowest BCUT2D eigenvalue weighted by atomic mass is 10.2. The molecule has 25 heavy (non-hydrogen) atoms. The Morgan fingerprint density at radius 3 is 2.56 bits per heavy atom. The molecule has 0 aliphatic heterocycles. The SMILES string of the molecule is CCn1c(C(N)=O)cc2cc(NC(=O)C=Cc3ccccc3)ccc21. The summed E-state index contributed by atoms with van der Waals surface area (Å²) in [7, 11) is 0. The van der Waals surface area contributed by atoms with E-state index in [1.54, 1.807) is 12.1 Å². The number of nitrogens with one attached hydrogen (secondary N) is 1. The summed E-state index contributed by atoms with van der Waals surface area (Å²) in [6, 6.07) is 16.9. The van der Waals surface area contributed by atoms with Crippen LogP contribution >= 0.6 is 0 Å². The highest BCUT2D eigenvalue weighted by Crippen LogP contribution is 2.23. The fourth-order valence-electron chi connectivity index (χ4n) is 2.81. The van der Waals surface area contributed by atoms with Crippen molar-refractivity contribution in [2.24, 2.45) is 5.73 Å². The summed E-state index contributed by atoms with van der Waals surface area (Å²) in [5.74, 6) is -0.678. The van der Waals surface area contributed by atoms with Crippen LogP contribution in [0.3, 0.4) is 0 Å². The number of carbonyl (C=O) groups is 2. The molecule has 0 aliphatic carbocycles. The second-order valence-electron chi connectivity index (χ2n) is 5.64. The minimum atomic E-state index is -0.463. The average molecular weight is 333 g/mol. The largest absolute Gasteiger partial charge is 0.364 e. The number of anilines is 1. The Bertz CT molecular complexity index is 956. The van der Waals surface area contributed by atoms with E-state index in [1.165, 1.54) is 6.08 Å². The van der Waals surface area contributed by atoms with Gasteiger partial charge in [-0.3, -0.25) is 9.59 Å². The van der Waals surface area contributed by atoms with E-state index >= 15 is 0 Å². The Labute approximate surface area is 145 Å². The smallest absolute Gasteiger partial charge is 0.265 e. The first-order chi connectivity index (χ1) is 12.1. The van der Waals surface area contributed by atoms with Crippen molar-refractivity contribution in [1.29, 1.82) is 0 Å². The third kappa shape index (κ3) is 3.61. The second kappa shape index (κ2) is 7.05. The molecule has 2 amide bonds. The number of nitrogens with zero attached hydrogens (tertiary/aromatic N) is 1. The molecule has 3 rings (SSSR count). The average Bonchev–Trinajstić information content (AvgIpc) is 2.99. The van der Waals surface area contributed by atoms with Gasteiger partial charge in [0.25, 0.3) is 5.91 Å². The predicted octanol–water partition coefficient (Wildman–Crippen LogP) is 3.41. The first kappa shape index (κ1) is 16.5. The number of hydrogen-bond donors (Lipinski definition) is 2. The summed E-state index contributed by atoms with van der Waals surface area (Å²) < 4.78 is 1.86. The number of hydrogen-bond acceptors (Lipinski definition) is 2. The molecule has 0 aliphatic rings. The van der Waals surface area contributed by atoms with Crippen LogP contribution in [0.5, 0.6) is 0 Å². The lowest BCUT2D eigenvalue weighted by Gasteiger charge is -2.06. The van der Waals surface area contributed by atoms with Crippen LogP contribution in [0.2, 0.25) is 0 Å². The molecule has 0 radical (unpaired) electrons. The summed E-state index contributed by atoms with van der Waals surface area (Å²) in [6.07, 6.45) is 3.25. The molecule has 0 saturated carbocycles. The number of aryl methyl sites for hydroxylation is 1. The van der Waals surface area contributed by atoms with Gasteiger partial charge in [-0.15, -0.1) is 0 Å². The van der Waals surface area contributed by atoms with Crippen molar-refractivity contribution in [3.05, 3.63) is 71.9 Å². The lowest BCUT2D eigenvalue weighted by Crippen LogP contribution is -2.16.